The van der Waals surface area contributed by atoms with Gasteiger partial charge < -0.3 is 15.5 Å². The number of H-pyrrole nitrogens is 1. The van der Waals surface area contributed by atoms with E-state index < -0.39 is 6.10 Å². The number of nitrogens with one attached hydrogen (secondary N) is 3. The van der Waals surface area contributed by atoms with Crippen molar-refractivity contribution in [2.45, 2.75) is 26.9 Å². The van der Waals surface area contributed by atoms with E-state index in [1.54, 1.807) is 6.92 Å². The van der Waals surface area contributed by atoms with Gasteiger partial charge in [0, 0.05) is 22.4 Å². The predicted molar refractivity (Wildman–Crippen MR) is 139 cm³/mol. The lowest BCUT2D eigenvalue weighted by Gasteiger charge is -2.12. The van der Waals surface area contributed by atoms with Gasteiger partial charge in [0.25, 0.3) is 5.91 Å². The quantitative estimate of drug-likeness (QED) is 0.218. The molecule has 1 aromatic heterocycles. The van der Waals surface area contributed by atoms with E-state index in [9.17, 15) is 4.79 Å². The van der Waals surface area contributed by atoms with Crippen LogP contribution >= 0.6 is 0 Å². The first-order valence-corrected chi connectivity index (χ1v) is 11.0. The van der Waals surface area contributed by atoms with Gasteiger partial charge in [0.2, 0.25) is 6.10 Å². The van der Waals surface area contributed by atoms with Crippen molar-refractivity contribution in [1.29, 1.82) is 0 Å². The summed E-state index contributed by atoms with van der Waals surface area (Å²) in [5, 5.41) is 18.7. The molecular weight excluding hydrogens is 426 g/mol. The molecule has 1 amide bonds. The van der Waals surface area contributed by atoms with Crippen LogP contribution in [0.1, 0.15) is 32.0 Å². The van der Waals surface area contributed by atoms with Crippen LogP contribution in [0.5, 0.6) is 0 Å². The van der Waals surface area contributed by atoms with Gasteiger partial charge >= 0.3 is 0 Å². The molecule has 3 aromatic carbocycles. The summed E-state index contributed by atoms with van der Waals surface area (Å²) in [5.74, 6) is -0.267. The van der Waals surface area contributed by atoms with Crippen LogP contribution in [-0.2, 0) is 9.63 Å². The molecule has 7 heteroatoms. The molecule has 172 valence electrons. The van der Waals surface area contributed by atoms with Gasteiger partial charge in [-0.3, -0.25) is 9.89 Å². The molecule has 0 aliphatic rings. The normalized spacial score (nSPS) is 11.9. The van der Waals surface area contributed by atoms with Gasteiger partial charge in [-0.2, -0.15) is 5.10 Å². The van der Waals surface area contributed by atoms with Gasteiger partial charge in [-0.25, -0.2) is 0 Å². The van der Waals surface area contributed by atoms with E-state index in [1.165, 1.54) is 0 Å². The highest BCUT2D eigenvalue weighted by Crippen LogP contribution is 2.25. The van der Waals surface area contributed by atoms with Gasteiger partial charge in [0.15, 0.2) is 0 Å². The zero-order chi connectivity index (χ0) is 23.9. The van der Waals surface area contributed by atoms with E-state index in [1.807, 2.05) is 86.7 Å². The number of benzene rings is 3. The Morgan fingerprint density at radius 3 is 2.53 bits per heavy atom. The molecule has 7 nitrogen and oxygen atoms in total. The molecule has 0 radical (unpaired) electrons. The van der Waals surface area contributed by atoms with Crippen LogP contribution in [0.25, 0.3) is 23.1 Å². The number of carbonyl (C=O) groups excluding carboxylic acids is 1. The van der Waals surface area contributed by atoms with Crippen molar-refractivity contribution in [3.05, 3.63) is 84.1 Å². The lowest BCUT2D eigenvalue weighted by Crippen LogP contribution is -2.26. The summed E-state index contributed by atoms with van der Waals surface area (Å²) in [6, 6.07) is 23.7. The van der Waals surface area contributed by atoms with Crippen LogP contribution in [-0.4, -0.2) is 27.9 Å². The van der Waals surface area contributed by atoms with Crippen molar-refractivity contribution in [3.63, 3.8) is 0 Å². The monoisotopic (exact) mass is 453 g/mol. The van der Waals surface area contributed by atoms with E-state index in [0.29, 0.717) is 5.69 Å². The number of carbonyl (C=O) groups is 1. The van der Waals surface area contributed by atoms with Crippen LogP contribution < -0.4 is 10.6 Å². The first kappa shape index (κ1) is 22.8. The van der Waals surface area contributed by atoms with Crippen molar-refractivity contribution in [3.8, 4) is 0 Å². The van der Waals surface area contributed by atoms with Crippen LogP contribution in [0.3, 0.4) is 0 Å². The predicted octanol–water partition coefficient (Wildman–Crippen LogP) is 6.22. The third-order valence-corrected chi connectivity index (χ3v) is 5.01. The second-order valence-electron chi connectivity index (χ2n) is 8.09. The van der Waals surface area contributed by atoms with Crippen LogP contribution in [0, 0.1) is 0 Å². The first-order valence-electron chi connectivity index (χ1n) is 11.0. The maximum atomic E-state index is 12.3. The largest absolute Gasteiger partial charge is 0.383 e. The van der Waals surface area contributed by atoms with E-state index in [-0.39, 0.29) is 5.91 Å². The SMILES string of the molecule is CC(C)=NOC(C)C(=O)Nc1cccc(Nc2ccc3c(/C=C/c4ccccc4)n[nH]c3c2)c1. The Bertz CT molecular complexity index is 1340. The summed E-state index contributed by atoms with van der Waals surface area (Å²) in [5.41, 5.74) is 6.10. The van der Waals surface area contributed by atoms with E-state index >= 15 is 0 Å². The Labute approximate surface area is 198 Å². The summed E-state index contributed by atoms with van der Waals surface area (Å²) in [4.78, 5) is 17.5. The molecule has 0 fully saturated rings. The van der Waals surface area contributed by atoms with Crippen LogP contribution in [0.2, 0.25) is 0 Å². The maximum Gasteiger partial charge on any atom is 0.267 e. The zero-order valence-corrected chi connectivity index (χ0v) is 19.4. The molecule has 1 atom stereocenters. The van der Waals surface area contributed by atoms with Crippen LogP contribution in [0.4, 0.5) is 17.1 Å². The second kappa shape index (κ2) is 10.5. The number of oxime groups is 1. The fourth-order valence-corrected chi connectivity index (χ4v) is 3.30. The van der Waals surface area contributed by atoms with E-state index in [2.05, 4.69) is 38.1 Å². The fourth-order valence-electron chi connectivity index (χ4n) is 3.30. The number of hydrogen-bond acceptors (Lipinski definition) is 5. The minimum Gasteiger partial charge on any atom is -0.383 e. The van der Waals surface area contributed by atoms with Crippen molar-refractivity contribution in [2.75, 3.05) is 10.6 Å². The highest BCUT2D eigenvalue weighted by atomic mass is 16.6. The standard InChI is InChI=1S/C27H27N5O2/c1-18(2)32-34-19(3)27(33)29-22-11-7-10-21(16-22)28-23-13-14-24-25(30-31-26(24)17-23)15-12-20-8-5-4-6-9-20/h4-17,19,28H,1-3H3,(H,29,33)(H,30,31)/b15-12+. The Hall–Kier alpha value is -4.39. The number of anilines is 3. The van der Waals surface area contributed by atoms with E-state index in [0.717, 1.165) is 39.2 Å². The number of aromatic nitrogens is 2. The number of amides is 1. The molecule has 0 saturated heterocycles. The number of hydrogen-bond donors (Lipinski definition) is 3. The Morgan fingerprint density at radius 1 is 0.971 bits per heavy atom. The molecule has 1 heterocycles. The van der Waals surface area contributed by atoms with E-state index in [4.69, 9.17) is 4.84 Å². The molecular formula is C27H27N5O2. The first-order chi connectivity index (χ1) is 16.5. The maximum absolute atomic E-state index is 12.3. The summed E-state index contributed by atoms with van der Waals surface area (Å²) < 4.78 is 0. The van der Waals surface area contributed by atoms with Crippen molar-refractivity contribution < 1.29 is 9.63 Å². The minimum atomic E-state index is -0.695. The molecule has 0 spiro atoms. The average molecular weight is 454 g/mol. The highest BCUT2D eigenvalue weighted by molar-refractivity contribution is 5.95. The van der Waals surface area contributed by atoms with Crippen molar-refractivity contribution in [1.82, 2.24) is 10.2 Å². The van der Waals surface area contributed by atoms with Gasteiger partial charge in [-0.15, -0.1) is 0 Å². The molecule has 0 aliphatic carbocycles. The molecule has 0 bridgehead atoms. The third kappa shape index (κ3) is 5.89. The smallest absolute Gasteiger partial charge is 0.267 e. The van der Waals surface area contributed by atoms with Gasteiger partial charge in [0.1, 0.15) is 0 Å². The molecule has 4 aromatic rings. The minimum absolute atomic E-state index is 0.267. The van der Waals surface area contributed by atoms with Crippen molar-refractivity contribution in [2.24, 2.45) is 5.16 Å². The number of fused-ring (bicyclic) bond motifs is 1. The number of rotatable bonds is 8. The Balaban J connectivity index is 1.44. The van der Waals surface area contributed by atoms with Crippen molar-refractivity contribution >= 4 is 51.7 Å². The number of aromatic amines is 1. The molecule has 34 heavy (non-hydrogen) atoms. The molecule has 0 aliphatic heterocycles. The second-order valence-corrected chi connectivity index (χ2v) is 8.09. The van der Waals surface area contributed by atoms with Gasteiger partial charge in [0.05, 0.1) is 16.9 Å². The molecule has 1 unspecified atom stereocenters. The molecule has 0 saturated carbocycles. The third-order valence-electron chi connectivity index (χ3n) is 5.01. The average Bonchev–Trinajstić information content (AvgIpc) is 3.24. The summed E-state index contributed by atoms with van der Waals surface area (Å²) in [6.07, 6.45) is 3.36. The number of nitrogens with zero attached hydrogens (tertiary/aromatic N) is 2. The topological polar surface area (TPSA) is 91.4 Å². The highest BCUT2D eigenvalue weighted by Gasteiger charge is 2.14. The van der Waals surface area contributed by atoms with Gasteiger partial charge in [-0.1, -0.05) is 47.6 Å². The fraction of sp³-hybridized carbons (Fsp3) is 0.148. The zero-order valence-electron chi connectivity index (χ0n) is 19.4. The van der Waals surface area contributed by atoms with Crippen LogP contribution in [0.15, 0.2) is 78.0 Å². The lowest BCUT2D eigenvalue weighted by molar-refractivity contribution is -0.126. The summed E-state index contributed by atoms with van der Waals surface area (Å²) in [7, 11) is 0. The van der Waals surface area contributed by atoms with Gasteiger partial charge in [-0.05, 0) is 68.8 Å². The molecule has 4 rings (SSSR count). The molecule has 3 N–H and O–H groups in total. The Morgan fingerprint density at radius 2 is 1.74 bits per heavy atom. The Kier molecular flexibility index (Phi) is 7.03. The summed E-state index contributed by atoms with van der Waals surface area (Å²) >= 11 is 0. The summed E-state index contributed by atoms with van der Waals surface area (Å²) in [6.45, 7) is 5.28. The lowest BCUT2D eigenvalue weighted by atomic mass is 10.1.